The van der Waals surface area contributed by atoms with Crippen molar-refractivity contribution in [3.63, 3.8) is 0 Å². The SMILES string of the molecule is CCCCCCCCCCCCCCCCCCOC(=O)CCC1=CC(C(C)(C)C)CC(C(C)(C)C)=C1. The molecule has 1 atom stereocenters. The van der Waals surface area contributed by atoms with E-state index in [9.17, 15) is 4.79 Å². The predicted octanol–water partition coefficient (Wildman–Crippen LogP) is 11.5. The molecule has 0 spiro atoms. The molecule has 1 aliphatic rings. The molecule has 0 amide bonds. The Morgan fingerprint density at radius 1 is 0.757 bits per heavy atom. The van der Waals surface area contributed by atoms with Crippen LogP contribution in [-0.2, 0) is 9.53 Å². The van der Waals surface area contributed by atoms with E-state index >= 15 is 0 Å². The van der Waals surface area contributed by atoms with Crippen molar-refractivity contribution in [3.05, 3.63) is 23.3 Å². The van der Waals surface area contributed by atoms with Crippen LogP contribution in [0.25, 0.3) is 0 Å². The first-order valence-electron chi connectivity index (χ1n) is 16.1. The van der Waals surface area contributed by atoms with Gasteiger partial charge in [0.25, 0.3) is 0 Å². The van der Waals surface area contributed by atoms with E-state index in [4.69, 9.17) is 4.74 Å². The molecule has 0 aromatic heterocycles. The fourth-order valence-corrected chi connectivity index (χ4v) is 5.27. The molecule has 0 aromatic carbocycles. The van der Waals surface area contributed by atoms with Crippen LogP contribution < -0.4 is 0 Å². The molecule has 0 aromatic rings. The molecule has 0 radical (unpaired) electrons. The van der Waals surface area contributed by atoms with Gasteiger partial charge in [-0.2, -0.15) is 0 Å². The smallest absolute Gasteiger partial charge is 0.306 e. The summed E-state index contributed by atoms with van der Waals surface area (Å²) < 4.78 is 5.55. The van der Waals surface area contributed by atoms with Crippen molar-refractivity contribution in [2.24, 2.45) is 16.7 Å². The number of allylic oxidation sites excluding steroid dienone is 4. The zero-order chi connectivity index (χ0) is 27.6. The van der Waals surface area contributed by atoms with Gasteiger partial charge in [-0.3, -0.25) is 4.79 Å². The molecule has 1 unspecified atom stereocenters. The van der Waals surface area contributed by atoms with Gasteiger partial charge in [-0.25, -0.2) is 0 Å². The molecule has 1 rings (SSSR count). The van der Waals surface area contributed by atoms with Crippen molar-refractivity contribution < 1.29 is 9.53 Å². The lowest BCUT2D eigenvalue weighted by Gasteiger charge is -2.36. The van der Waals surface area contributed by atoms with E-state index in [1.807, 2.05) is 0 Å². The van der Waals surface area contributed by atoms with E-state index in [1.54, 1.807) is 0 Å². The topological polar surface area (TPSA) is 26.3 Å². The predicted molar refractivity (Wildman–Crippen MR) is 163 cm³/mol. The van der Waals surface area contributed by atoms with Crippen molar-refractivity contribution in [3.8, 4) is 0 Å². The lowest BCUT2D eigenvalue weighted by atomic mass is 9.69. The maximum absolute atomic E-state index is 12.3. The zero-order valence-electron chi connectivity index (χ0n) is 26.2. The quantitative estimate of drug-likeness (QED) is 0.119. The third-order valence-electron chi connectivity index (χ3n) is 8.17. The molecule has 216 valence electrons. The van der Waals surface area contributed by atoms with Gasteiger partial charge in [0.1, 0.15) is 0 Å². The van der Waals surface area contributed by atoms with E-state index in [1.165, 1.54) is 107 Å². The van der Waals surface area contributed by atoms with E-state index in [0.717, 1.165) is 19.3 Å². The Morgan fingerprint density at radius 3 is 1.65 bits per heavy atom. The molecular weight excluding hydrogens is 452 g/mol. The standard InChI is InChI=1S/C35H64O2/c1-8-9-10-11-12-13-14-15-16-17-18-19-20-21-22-23-26-37-33(36)25-24-30-27-31(34(2,3)4)29-32(28-30)35(5,6)7/h27-28,31H,8-26,29H2,1-7H3. The van der Waals surface area contributed by atoms with Gasteiger partial charge in [0, 0.05) is 6.42 Å². The monoisotopic (exact) mass is 516 g/mol. The van der Waals surface area contributed by atoms with Gasteiger partial charge in [0.05, 0.1) is 6.61 Å². The number of carbonyl (C=O) groups excluding carboxylic acids is 1. The summed E-state index contributed by atoms with van der Waals surface area (Å²) in [6.45, 7) is 16.7. The molecule has 37 heavy (non-hydrogen) atoms. The minimum Gasteiger partial charge on any atom is -0.466 e. The molecule has 0 bridgehead atoms. The van der Waals surface area contributed by atoms with Crippen LogP contribution in [0.2, 0.25) is 0 Å². The number of carbonyl (C=O) groups is 1. The van der Waals surface area contributed by atoms with Crippen molar-refractivity contribution >= 4 is 5.97 Å². The number of hydrogen-bond donors (Lipinski definition) is 0. The Balaban J connectivity index is 2.04. The summed E-state index contributed by atoms with van der Waals surface area (Å²) in [4.78, 5) is 12.3. The van der Waals surface area contributed by atoms with E-state index in [0.29, 0.717) is 18.9 Å². The number of ether oxygens (including phenoxy) is 1. The molecule has 0 heterocycles. The Hall–Kier alpha value is -1.05. The average molecular weight is 517 g/mol. The highest BCUT2D eigenvalue weighted by Crippen LogP contribution is 2.42. The molecular formula is C35H64O2. The van der Waals surface area contributed by atoms with Gasteiger partial charge in [0.15, 0.2) is 0 Å². The molecule has 0 aliphatic heterocycles. The second-order valence-electron chi connectivity index (χ2n) is 13.9. The molecule has 1 aliphatic carbocycles. The van der Waals surface area contributed by atoms with Crippen LogP contribution in [0.15, 0.2) is 23.3 Å². The minimum atomic E-state index is -0.0366. The van der Waals surface area contributed by atoms with Gasteiger partial charge in [-0.05, 0) is 36.0 Å². The average Bonchev–Trinajstić information content (AvgIpc) is 2.83. The fourth-order valence-electron chi connectivity index (χ4n) is 5.27. The molecule has 0 saturated heterocycles. The Bertz CT molecular complexity index is 656. The van der Waals surface area contributed by atoms with Crippen LogP contribution in [0.4, 0.5) is 0 Å². The summed E-state index contributed by atoms with van der Waals surface area (Å²) in [6.07, 6.45) is 29.0. The van der Waals surface area contributed by atoms with Crippen LogP contribution in [-0.4, -0.2) is 12.6 Å². The summed E-state index contributed by atoms with van der Waals surface area (Å²) in [5.41, 5.74) is 3.24. The summed E-state index contributed by atoms with van der Waals surface area (Å²) in [5, 5.41) is 0. The van der Waals surface area contributed by atoms with E-state index in [2.05, 4.69) is 60.6 Å². The van der Waals surface area contributed by atoms with Gasteiger partial charge >= 0.3 is 5.97 Å². The lowest BCUT2D eigenvalue weighted by Crippen LogP contribution is -2.25. The fraction of sp³-hybridized carbons (Fsp3) is 0.857. The molecule has 0 saturated carbocycles. The number of rotatable bonds is 20. The molecule has 0 fully saturated rings. The maximum Gasteiger partial charge on any atom is 0.306 e. The number of esters is 1. The van der Waals surface area contributed by atoms with Crippen molar-refractivity contribution in [1.29, 1.82) is 0 Å². The summed E-state index contributed by atoms with van der Waals surface area (Å²) in [6, 6.07) is 0. The van der Waals surface area contributed by atoms with Gasteiger partial charge < -0.3 is 4.74 Å². The van der Waals surface area contributed by atoms with Crippen molar-refractivity contribution in [2.45, 2.75) is 170 Å². The lowest BCUT2D eigenvalue weighted by molar-refractivity contribution is -0.143. The summed E-state index contributed by atoms with van der Waals surface area (Å²) in [7, 11) is 0. The second kappa shape index (κ2) is 19.1. The summed E-state index contributed by atoms with van der Waals surface area (Å²) >= 11 is 0. The minimum absolute atomic E-state index is 0.0366. The third kappa shape index (κ3) is 17.2. The van der Waals surface area contributed by atoms with Crippen molar-refractivity contribution in [1.82, 2.24) is 0 Å². The first-order chi connectivity index (χ1) is 17.5. The Morgan fingerprint density at radius 2 is 1.22 bits per heavy atom. The van der Waals surface area contributed by atoms with Crippen molar-refractivity contribution in [2.75, 3.05) is 6.61 Å². The Kier molecular flexibility index (Phi) is 17.5. The van der Waals surface area contributed by atoms with Gasteiger partial charge in [-0.15, -0.1) is 0 Å². The Labute approximate surface area is 232 Å². The largest absolute Gasteiger partial charge is 0.466 e. The molecule has 0 N–H and O–H groups in total. The molecule has 2 heteroatoms. The highest BCUT2D eigenvalue weighted by Gasteiger charge is 2.30. The van der Waals surface area contributed by atoms with Crippen LogP contribution in [0.5, 0.6) is 0 Å². The highest BCUT2D eigenvalue weighted by atomic mass is 16.5. The van der Waals surface area contributed by atoms with Gasteiger partial charge in [-0.1, -0.05) is 168 Å². The normalized spacial score (nSPS) is 16.5. The third-order valence-corrected chi connectivity index (χ3v) is 8.17. The second-order valence-corrected chi connectivity index (χ2v) is 13.9. The van der Waals surface area contributed by atoms with Crippen LogP contribution in [0.3, 0.4) is 0 Å². The summed E-state index contributed by atoms with van der Waals surface area (Å²) in [5.74, 6) is 0.494. The molecule has 2 nitrogen and oxygen atoms in total. The van der Waals surface area contributed by atoms with Crippen LogP contribution in [0.1, 0.15) is 170 Å². The maximum atomic E-state index is 12.3. The zero-order valence-corrected chi connectivity index (χ0v) is 26.2. The van der Waals surface area contributed by atoms with Crippen LogP contribution in [0, 0.1) is 16.7 Å². The van der Waals surface area contributed by atoms with E-state index < -0.39 is 0 Å². The highest BCUT2D eigenvalue weighted by molar-refractivity contribution is 5.69. The number of unbranched alkanes of at least 4 members (excludes halogenated alkanes) is 15. The van der Waals surface area contributed by atoms with Gasteiger partial charge in [0.2, 0.25) is 0 Å². The van der Waals surface area contributed by atoms with Crippen LogP contribution >= 0.6 is 0 Å². The number of hydrogen-bond acceptors (Lipinski definition) is 2. The first-order valence-corrected chi connectivity index (χ1v) is 16.1. The first kappa shape index (κ1) is 34.0. The van der Waals surface area contributed by atoms with E-state index in [-0.39, 0.29) is 16.8 Å².